The fraction of sp³-hybridized carbons (Fsp3) is 0.200. The molecule has 0 bridgehead atoms. The van der Waals surface area contributed by atoms with Gasteiger partial charge in [0.15, 0.2) is 5.76 Å². The minimum absolute atomic E-state index is 0.00628. The highest BCUT2D eigenvalue weighted by molar-refractivity contribution is 6.13. The lowest BCUT2D eigenvalue weighted by molar-refractivity contribution is -0.384. The van der Waals surface area contributed by atoms with Crippen molar-refractivity contribution in [3.63, 3.8) is 0 Å². The molecule has 2 aromatic carbocycles. The SMILES string of the molecule is CC(C)=C1Oc2c(ccc3c2[C@@H](c2cccc([N+](=O)[O-])c2)CC(=O)O3)C1=O. The Kier molecular flexibility index (Phi) is 3.80. The van der Waals surface area contributed by atoms with E-state index >= 15 is 0 Å². The van der Waals surface area contributed by atoms with Crippen LogP contribution in [0.15, 0.2) is 47.7 Å². The molecule has 0 amide bonds. The maximum atomic E-state index is 12.6. The Bertz CT molecular complexity index is 1050. The van der Waals surface area contributed by atoms with Crippen molar-refractivity contribution in [2.24, 2.45) is 0 Å². The number of allylic oxidation sites excluding steroid dienone is 2. The van der Waals surface area contributed by atoms with Crippen molar-refractivity contribution in [2.45, 2.75) is 26.2 Å². The molecule has 0 aliphatic carbocycles. The molecular formula is C20H15NO6. The maximum Gasteiger partial charge on any atom is 0.312 e. The Labute approximate surface area is 154 Å². The molecule has 1 atom stereocenters. The second kappa shape index (κ2) is 6.05. The molecule has 0 spiro atoms. The first-order chi connectivity index (χ1) is 12.9. The molecule has 2 aromatic rings. The van der Waals surface area contributed by atoms with E-state index in [2.05, 4.69) is 0 Å². The zero-order chi connectivity index (χ0) is 19.3. The fourth-order valence-corrected chi connectivity index (χ4v) is 3.46. The van der Waals surface area contributed by atoms with Gasteiger partial charge in [0, 0.05) is 23.6 Å². The van der Waals surface area contributed by atoms with Crippen LogP contribution in [0.25, 0.3) is 0 Å². The summed E-state index contributed by atoms with van der Waals surface area (Å²) >= 11 is 0. The van der Waals surface area contributed by atoms with Crippen molar-refractivity contribution in [2.75, 3.05) is 0 Å². The average Bonchev–Trinajstić information content (AvgIpc) is 2.98. The first-order valence-electron chi connectivity index (χ1n) is 8.38. The molecule has 2 aliphatic rings. The molecule has 0 saturated carbocycles. The smallest absolute Gasteiger partial charge is 0.312 e. The van der Waals surface area contributed by atoms with Crippen LogP contribution >= 0.6 is 0 Å². The Morgan fingerprint density at radius 3 is 2.63 bits per heavy atom. The first-order valence-corrected chi connectivity index (χ1v) is 8.38. The number of nitro groups is 1. The number of benzene rings is 2. The van der Waals surface area contributed by atoms with Crippen LogP contribution in [0.4, 0.5) is 5.69 Å². The second-order valence-corrected chi connectivity index (χ2v) is 6.70. The summed E-state index contributed by atoms with van der Waals surface area (Å²) in [5.41, 5.74) is 2.24. The van der Waals surface area contributed by atoms with Crippen molar-refractivity contribution in [1.29, 1.82) is 0 Å². The van der Waals surface area contributed by atoms with Crippen LogP contribution in [0.3, 0.4) is 0 Å². The number of ether oxygens (including phenoxy) is 2. The van der Waals surface area contributed by atoms with E-state index < -0.39 is 16.8 Å². The summed E-state index contributed by atoms with van der Waals surface area (Å²) in [6.07, 6.45) is 0.00628. The lowest BCUT2D eigenvalue weighted by Crippen LogP contribution is -2.21. The van der Waals surface area contributed by atoms with Gasteiger partial charge in [-0.05, 0) is 37.1 Å². The number of nitro benzene ring substituents is 1. The van der Waals surface area contributed by atoms with Gasteiger partial charge in [0.05, 0.1) is 16.9 Å². The predicted molar refractivity (Wildman–Crippen MR) is 95.0 cm³/mol. The predicted octanol–water partition coefficient (Wildman–Crippen LogP) is 3.90. The molecule has 0 fully saturated rings. The van der Waals surface area contributed by atoms with Gasteiger partial charge in [-0.25, -0.2) is 0 Å². The summed E-state index contributed by atoms with van der Waals surface area (Å²) in [4.78, 5) is 35.3. The molecule has 0 radical (unpaired) electrons. The van der Waals surface area contributed by atoms with Gasteiger partial charge in [0.1, 0.15) is 11.5 Å². The van der Waals surface area contributed by atoms with Crippen LogP contribution in [-0.4, -0.2) is 16.7 Å². The normalized spacial score (nSPS) is 17.7. The van der Waals surface area contributed by atoms with Gasteiger partial charge in [-0.3, -0.25) is 19.7 Å². The molecule has 7 heteroatoms. The molecule has 0 N–H and O–H groups in total. The molecule has 7 nitrogen and oxygen atoms in total. The molecule has 2 aliphatic heterocycles. The molecule has 0 saturated heterocycles. The Balaban J connectivity index is 1.91. The molecule has 0 aromatic heterocycles. The highest BCUT2D eigenvalue weighted by Gasteiger charge is 2.39. The van der Waals surface area contributed by atoms with Gasteiger partial charge < -0.3 is 9.47 Å². The van der Waals surface area contributed by atoms with Crippen LogP contribution in [-0.2, 0) is 4.79 Å². The third kappa shape index (κ3) is 2.68. The maximum absolute atomic E-state index is 12.6. The summed E-state index contributed by atoms with van der Waals surface area (Å²) < 4.78 is 11.2. The number of non-ortho nitro benzene ring substituents is 1. The number of carbonyl (C=O) groups is 2. The number of hydrogen-bond donors (Lipinski definition) is 0. The molecule has 4 rings (SSSR count). The van der Waals surface area contributed by atoms with E-state index in [0.717, 1.165) is 5.57 Å². The highest BCUT2D eigenvalue weighted by atomic mass is 16.6. The van der Waals surface area contributed by atoms with Crippen LogP contribution in [0, 0.1) is 10.1 Å². The third-order valence-corrected chi connectivity index (χ3v) is 4.69. The van der Waals surface area contributed by atoms with E-state index in [1.165, 1.54) is 12.1 Å². The lowest BCUT2D eigenvalue weighted by atomic mass is 9.84. The van der Waals surface area contributed by atoms with E-state index in [9.17, 15) is 19.7 Å². The van der Waals surface area contributed by atoms with E-state index in [-0.39, 0.29) is 23.7 Å². The summed E-state index contributed by atoms with van der Waals surface area (Å²) in [6, 6.07) is 9.27. The summed E-state index contributed by atoms with van der Waals surface area (Å²) in [7, 11) is 0. The Morgan fingerprint density at radius 1 is 1.15 bits per heavy atom. The number of hydrogen-bond acceptors (Lipinski definition) is 6. The minimum atomic E-state index is -0.500. The van der Waals surface area contributed by atoms with Crippen molar-refractivity contribution < 1.29 is 24.0 Å². The van der Waals surface area contributed by atoms with Gasteiger partial charge in [0.25, 0.3) is 5.69 Å². The van der Waals surface area contributed by atoms with E-state index in [1.54, 1.807) is 38.1 Å². The van der Waals surface area contributed by atoms with E-state index in [1.807, 2.05) is 0 Å². The second-order valence-electron chi connectivity index (χ2n) is 6.70. The van der Waals surface area contributed by atoms with E-state index in [0.29, 0.717) is 28.2 Å². The highest BCUT2D eigenvalue weighted by Crippen LogP contribution is 2.49. The number of ketones is 1. The number of carbonyl (C=O) groups excluding carboxylic acids is 2. The number of nitrogens with zero attached hydrogens (tertiary/aromatic N) is 1. The zero-order valence-electron chi connectivity index (χ0n) is 14.6. The van der Waals surface area contributed by atoms with Crippen LogP contribution < -0.4 is 9.47 Å². The van der Waals surface area contributed by atoms with Crippen molar-refractivity contribution in [3.8, 4) is 11.5 Å². The Hall–Kier alpha value is -3.48. The fourth-order valence-electron chi connectivity index (χ4n) is 3.46. The largest absolute Gasteiger partial charge is 0.452 e. The minimum Gasteiger partial charge on any atom is -0.452 e. The summed E-state index contributed by atoms with van der Waals surface area (Å²) in [5.74, 6) is -0.233. The van der Waals surface area contributed by atoms with Crippen LogP contribution in [0.5, 0.6) is 11.5 Å². The van der Waals surface area contributed by atoms with Gasteiger partial charge in [-0.2, -0.15) is 0 Å². The molecular weight excluding hydrogens is 350 g/mol. The summed E-state index contributed by atoms with van der Waals surface area (Å²) in [5, 5.41) is 11.1. The van der Waals surface area contributed by atoms with Crippen LogP contribution in [0.1, 0.15) is 47.7 Å². The third-order valence-electron chi connectivity index (χ3n) is 4.69. The lowest BCUT2D eigenvalue weighted by Gasteiger charge is -2.26. The van der Waals surface area contributed by atoms with Gasteiger partial charge >= 0.3 is 5.97 Å². The van der Waals surface area contributed by atoms with Gasteiger partial charge in [0.2, 0.25) is 5.78 Å². The van der Waals surface area contributed by atoms with Gasteiger partial charge in [-0.1, -0.05) is 12.1 Å². The first kappa shape index (κ1) is 17.0. The zero-order valence-corrected chi connectivity index (χ0v) is 14.6. The average molecular weight is 365 g/mol. The van der Waals surface area contributed by atoms with Crippen molar-refractivity contribution in [3.05, 3.63) is 74.5 Å². The standard InChI is InChI=1S/C20H15NO6/c1-10(2)19-18(23)13-6-7-15-17(20(13)27-19)14(9-16(22)26-15)11-4-3-5-12(8-11)21(24)25/h3-8,14H,9H2,1-2H3/t14-/m1/s1. The van der Waals surface area contributed by atoms with Crippen molar-refractivity contribution in [1.82, 2.24) is 0 Å². The monoisotopic (exact) mass is 365 g/mol. The number of rotatable bonds is 2. The number of esters is 1. The molecule has 0 unspecified atom stereocenters. The number of fused-ring (bicyclic) bond motifs is 3. The van der Waals surface area contributed by atoms with Crippen molar-refractivity contribution >= 4 is 17.4 Å². The molecule has 2 heterocycles. The van der Waals surface area contributed by atoms with Crippen LogP contribution in [0.2, 0.25) is 0 Å². The quantitative estimate of drug-likeness (QED) is 0.263. The van der Waals surface area contributed by atoms with E-state index in [4.69, 9.17) is 9.47 Å². The molecule has 136 valence electrons. The summed E-state index contributed by atoms with van der Waals surface area (Å²) in [6.45, 7) is 3.56. The topological polar surface area (TPSA) is 95.7 Å². The Morgan fingerprint density at radius 2 is 1.93 bits per heavy atom. The molecule has 27 heavy (non-hydrogen) atoms. The number of Topliss-reactive ketones (excluding diaryl/α,β-unsaturated/α-hetero) is 1. The van der Waals surface area contributed by atoms with Gasteiger partial charge in [-0.15, -0.1) is 0 Å².